The summed E-state index contributed by atoms with van der Waals surface area (Å²) in [6.45, 7) is 4.56. The summed E-state index contributed by atoms with van der Waals surface area (Å²) in [5.74, 6) is 0.264. The van der Waals surface area contributed by atoms with Gasteiger partial charge in [0.15, 0.2) is 6.61 Å². The molecule has 1 amide bonds. The number of ether oxygens (including phenoxy) is 1. The monoisotopic (exact) mass is 406 g/mol. The molecule has 156 valence electrons. The molecule has 0 spiro atoms. The number of carbonyl (C=O) groups excluding carboxylic acids is 1. The van der Waals surface area contributed by atoms with Crippen LogP contribution in [0.5, 0.6) is 5.75 Å². The number of nitrogens with one attached hydrogen (secondary N) is 1. The third-order valence-electron chi connectivity index (χ3n) is 5.14. The maximum atomic E-state index is 12.6. The Labute approximate surface area is 168 Å². The Hall–Kier alpha value is -2.54. The summed E-state index contributed by atoms with van der Waals surface area (Å²) in [6.07, 6.45) is -3.54. The van der Waals surface area contributed by atoms with Crippen LogP contribution in [0.1, 0.15) is 24.5 Å². The molecule has 2 atom stereocenters. The van der Waals surface area contributed by atoms with Gasteiger partial charge in [0.25, 0.3) is 5.91 Å². The lowest BCUT2D eigenvalue weighted by Gasteiger charge is -2.37. The van der Waals surface area contributed by atoms with Crippen LogP contribution in [0.15, 0.2) is 54.6 Å². The second-order valence-corrected chi connectivity index (χ2v) is 7.47. The van der Waals surface area contributed by atoms with Crippen LogP contribution in [-0.4, -0.2) is 36.5 Å². The standard InChI is InChI=1S/C22H25F3N2O2/c1-16-13-27(14-17-5-3-2-4-6-17)12-11-20(16)26-21(28)15-29-19-9-7-18(8-10-19)22(23,24)25/h2-10,16,20H,11-15H2,1H3,(H,26,28)/t16-,20+/m1/s1. The van der Waals surface area contributed by atoms with Crippen molar-refractivity contribution in [3.63, 3.8) is 0 Å². The summed E-state index contributed by atoms with van der Waals surface area (Å²) in [4.78, 5) is 14.6. The highest BCUT2D eigenvalue weighted by Gasteiger charge is 2.30. The van der Waals surface area contributed by atoms with Crippen LogP contribution >= 0.6 is 0 Å². The number of piperidine rings is 1. The molecule has 0 unspecified atom stereocenters. The van der Waals surface area contributed by atoms with Crippen LogP contribution in [-0.2, 0) is 17.5 Å². The van der Waals surface area contributed by atoms with Gasteiger partial charge in [-0.05, 0) is 42.2 Å². The lowest BCUT2D eigenvalue weighted by atomic mass is 9.93. The van der Waals surface area contributed by atoms with Crippen LogP contribution in [0.2, 0.25) is 0 Å². The molecule has 4 nitrogen and oxygen atoms in total. The lowest BCUT2D eigenvalue weighted by molar-refractivity contribution is -0.137. The Morgan fingerprint density at radius 2 is 1.83 bits per heavy atom. The van der Waals surface area contributed by atoms with E-state index in [2.05, 4.69) is 29.3 Å². The van der Waals surface area contributed by atoms with E-state index < -0.39 is 11.7 Å². The SMILES string of the molecule is C[C@@H]1CN(Cc2ccccc2)CC[C@@H]1NC(=O)COc1ccc(C(F)(F)F)cc1. The van der Waals surface area contributed by atoms with Crippen molar-refractivity contribution < 1.29 is 22.7 Å². The van der Waals surface area contributed by atoms with Crippen LogP contribution in [0, 0.1) is 5.92 Å². The predicted octanol–water partition coefficient (Wildman–Crippen LogP) is 4.11. The first-order valence-electron chi connectivity index (χ1n) is 9.67. The summed E-state index contributed by atoms with van der Waals surface area (Å²) in [5.41, 5.74) is 0.525. The highest BCUT2D eigenvalue weighted by Crippen LogP contribution is 2.30. The van der Waals surface area contributed by atoms with Gasteiger partial charge >= 0.3 is 6.18 Å². The van der Waals surface area contributed by atoms with E-state index in [4.69, 9.17) is 4.74 Å². The maximum absolute atomic E-state index is 12.6. The van der Waals surface area contributed by atoms with Crippen LogP contribution < -0.4 is 10.1 Å². The van der Waals surface area contributed by atoms with Gasteiger partial charge in [0, 0.05) is 25.7 Å². The van der Waals surface area contributed by atoms with Gasteiger partial charge in [0.1, 0.15) is 5.75 Å². The van der Waals surface area contributed by atoms with Gasteiger partial charge in [-0.2, -0.15) is 13.2 Å². The molecule has 0 radical (unpaired) electrons. The quantitative estimate of drug-likeness (QED) is 0.785. The highest BCUT2D eigenvalue weighted by atomic mass is 19.4. The second kappa shape index (κ2) is 9.31. The number of hydrogen-bond donors (Lipinski definition) is 1. The Morgan fingerprint density at radius 3 is 2.45 bits per heavy atom. The third kappa shape index (κ3) is 6.22. The predicted molar refractivity (Wildman–Crippen MR) is 104 cm³/mol. The first-order chi connectivity index (χ1) is 13.8. The Bertz CT molecular complexity index is 794. The van der Waals surface area contributed by atoms with Crippen molar-refractivity contribution in [3.05, 3.63) is 65.7 Å². The lowest BCUT2D eigenvalue weighted by Crippen LogP contribution is -2.50. The minimum atomic E-state index is -4.39. The van der Waals surface area contributed by atoms with E-state index in [0.29, 0.717) is 5.92 Å². The fraction of sp³-hybridized carbons (Fsp3) is 0.409. The van der Waals surface area contributed by atoms with Crippen LogP contribution in [0.4, 0.5) is 13.2 Å². The summed E-state index contributed by atoms with van der Waals surface area (Å²) >= 11 is 0. The Kier molecular flexibility index (Phi) is 6.79. The van der Waals surface area contributed by atoms with Crippen LogP contribution in [0.25, 0.3) is 0 Å². The van der Waals surface area contributed by atoms with E-state index in [1.54, 1.807) is 0 Å². The number of nitrogens with zero attached hydrogens (tertiary/aromatic N) is 1. The number of rotatable bonds is 6. The van der Waals surface area contributed by atoms with E-state index in [0.717, 1.165) is 38.2 Å². The number of hydrogen-bond acceptors (Lipinski definition) is 3. The van der Waals surface area contributed by atoms with Crippen molar-refractivity contribution >= 4 is 5.91 Å². The second-order valence-electron chi connectivity index (χ2n) is 7.47. The molecule has 7 heteroatoms. The molecule has 1 fully saturated rings. The molecule has 0 aromatic heterocycles. The fourth-order valence-corrected chi connectivity index (χ4v) is 3.57. The molecule has 29 heavy (non-hydrogen) atoms. The van der Waals surface area contributed by atoms with Crippen molar-refractivity contribution in [2.75, 3.05) is 19.7 Å². The maximum Gasteiger partial charge on any atom is 0.416 e. The largest absolute Gasteiger partial charge is 0.484 e. The molecule has 2 aromatic rings. The third-order valence-corrected chi connectivity index (χ3v) is 5.14. The van der Waals surface area contributed by atoms with Crippen molar-refractivity contribution in [1.29, 1.82) is 0 Å². The minimum Gasteiger partial charge on any atom is -0.484 e. The topological polar surface area (TPSA) is 41.6 Å². The van der Waals surface area contributed by atoms with Gasteiger partial charge in [-0.1, -0.05) is 37.3 Å². The molecule has 3 rings (SSSR count). The van der Waals surface area contributed by atoms with E-state index in [1.807, 2.05) is 18.2 Å². The van der Waals surface area contributed by atoms with Gasteiger partial charge in [-0.15, -0.1) is 0 Å². The first kappa shape index (κ1) is 21.2. The molecule has 1 aliphatic rings. The summed E-state index contributed by atoms with van der Waals surface area (Å²) < 4.78 is 43.0. The molecular weight excluding hydrogens is 381 g/mol. The van der Waals surface area contributed by atoms with Crippen molar-refractivity contribution in [1.82, 2.24) is 10.2 Å². The Morgan fingerprint density at radius 1 is 1.14 bits per heavy atom. The molecule has 0 saturated carbocycles. The smallest absolute Gasteiger partial charge is 0.416 e. The van der Waals surface area contributed by atoms with Gasteiger partial charge in [0.2, 0.25) is 0 Å². The van der Waals surface area contributed by atoms with E-state index >= 15 is 0 Å². The molecule has 1 aliphatic heterocycles. The number of likely N-dealkylation sites (tertiary alicyclic amines) is 1. The highest BCUT2D eigenvalue weighted by molar-refractivity contribution is 5.77. The van der Waals surface area contributed by atoms with E-state index in [-0.39, 0.29) is 24.3 Å². The summed E-state index contributed by atoms with van der Waals surface area (Å²) in [6, 6.07) is 14.7. The van der Waals surface area contributed by atoms with Gasteiger partial charge in [-0.25, -0.2) is 0 Å². The number of alkyl halides is 3. The summed E-state index contributed by atoms with van der Waals surface area (Å²) in [7, 11) is 0. The molecule has 2 aromatic carbocycles. The van der Waals surface area contributed by atoms with Gasteiger partial charge in [-0.3, -0.25) is 9.69 Å². The first-order valence-corrected chi connectivity index (χ1v) is 9.67. The molecular formula is C22H25F3N2O2. The van der Waals surface area contributed by atoms with Crippen molar-refractivity contribution in [3.8, 4) is 5.75 Å². The number of halogens is 3. The van der Waals surface area contributed by atoms with Gasteiger partial charge < -0.3 is 10.1 Å². The van der Waals surface area contributed by atoms with Crippen molar-refractivity contribution in [2.24, 2.45) is 5.92 Å². The zero-order valence-corrected chi connectivity index (χ0v) is 16.3. The normalized spacial score (nSPS) is 20.3. The number of benzene rings is 2. The number of amides is 1. The fourth-order valence-electron chi connectivity index (χ4n) is 3.57. The minimum absolute atomic E-state index is 0.0609. The molecule has 1 N–H and O–H groups in total. The van der Waals surface area contributed by atoms with Gasteiger partial charge in [0.05, 0.1) is 5.56 Å². The average Bonchev–Trinajstić information content (AvgIpc) is 2.69. The summed E-state index contributed by atoms with van der Waals surface area (Å²) in [5, 5.41) is 2.99. The molecule has 0 aliphatic carbocycles. The van der Waals surface area contributed by atoms with Crippen molar-refractivity contribution in [2.45, 2.75) is 32.1 Å². The zero-order chi connectivity index (χ0) is 20.9. The molecule has 0 bridgehead atoms. The van der Waals surface area contributed by atoms with E-state index in [1.165, 1.54) is 17.7 Å². The van der Waals surface area contributed by atoms with Crippen LogP contribution in [0.3, 0.4) is 0 Å². The Balaban J connectivity index is 1.43. The van der Waals surface area contributed by atoms with E-state index in [9.17, 15) is 18.0 Å². The average molecular weight is 406 g/mol. The molecule has 1 heterocycles. The number of carbonyl (C=O) groups is 1. The zero-order valence-electron chi connectivity index (χ0n) is 16.3. The molecule has 1 saturated heterocycles.